The summed E-state index contributed by atoms with van der Waals surface area (Å²) in [5, 5.41) is 26.2. The first-order chi connectivity index (χ1) is 5.66. The predicted octanol–water partition coefficient (Wildman–Crippen LogP) is 1.30. The summed E-state index contributed by atoms with van der Waals surface area (Å²) in [5.74, 6) is -0.251. The molecule has 0 spiro atoms. The van der Waals surface area contributed by atoms with Crippen LogP contribution < -0.4 is 0 Å². The number of nitrogens with zero attached hydrogens (tertiary/aromatic N) is 1. The van der Waals surface area contributed by atoms with Crippen LogP contribution >= 0.6 is 0 Å². The second-order valence-corrected chi connectivity index (χ2v) is 2.11. The molecule has 1 rings (SSSR count). The minimum absolute atomic E-state index is 0.0671. The van der Waals surface area contributed by atoms with Crippen molar-refractivity contribution in [1.82, 2.24) is 0 Å². The summed E-state index contributed by atoms with van der Waals surface area (Å²) in [5.41, 5.74) is -0.326. The van der Waals surface area contributed by atoms with E-state index in [-0.39, 0.29) is 17.0 Å². The quantitative estimate of drug-likeness (QED) is 0.394. The monoisotopic (exact) mass is 166 g/mol. The smallest absolute Gasteiger partial charge is 0.281 e. The molecule has 1 aromatic rings. The summed E-state index contributed by atoms with van der Waals surface area (Å²) in [7, 11) is 0. The fourth-order valence-electron chi connectivity index (χ4n) is 0.848. The van der Waals surface area contributed by atoms with Crippen LogP contribution in [0.3, 0.4) is 0 Å². The average Bonchev–Trinajstić information content (AvgIpc) is 2.03. The molecule has 62 valence electrons. The first-order valence-corrected chi connectivity index (χ1v) is 3.13. The molecule has 0 heterocycles. The van der Waals surface area contributed by atoms with Gasteiger partial charge in [-0.2, -0.15) is 0 Å². The number of aromatic hydroxyl groups is 1. The summed E-state index contributed by atoms with van der Waals surface area (Å²) in [6.45, 7) is 0. The topological polar surface area (TPSA) is 87.2 Å². The zero-order valence-corrected chi connectivity index (χ0v) is 6.02. The highest BCUT2D eigenvalue weighted by molar-refractivity contribution is 5.86. The lowest BCUT2D eigenvalue weighted by atomic mass is 10.2. The molecule has 1 aromatic carbocycles. The van der Waals surface area contributed by atoms with Crippen LogP contribution in [0.5, 0.6) is 5.75 Å². The van der Waals surface area contributed by atoms with Gasteiger partial charge in [0.2, 0.25) is 0 Å². The van der Waals surface area contributed by atoms with Crippen LogP contribution in [0.15, 0.2) is 18.2 Å². The second-order valence-electron chi connectivity index (χ2n) is 2.11. The van der Waals surface area contributed by atoms with E-state index in [0.717, 1.165) is 6.21 Å². The van der Waals surface area contributed by atoms with E-state index in [4.69, 9.17) is 10.5 Å². The Hall–Kier alpha value is -1.91. The lowest BCUT2D eigenvalue weighted by Gasteiger charge is -1.97. The Balaban J connectivity index is 3.37. The highest BCUT2D eigenvalue weighted by Crippen LogP contribution is 2.24. The molecule has 0 bridgehead atoms. The van der Waals surface area contributed by atoms with E-state index in [1.54, 1.807) is 0 Å². The molecule has 0 saturated heterocycles. The van der Waals surface area contributed by atoms with Crippen LogP contribution in [-0.2, 0) is 0 Å². The SMILES string of the molecule is N=Cc1c(O)cccc1[N+](=O)[O-]. The minimum Gasteiger partial charge on any atom is -0.507 e. The highest BCUT2D eigenvalue weighted by atomic mass is 16.6. The van der Waals surface area contributed by atoms with Crippen molar-refractivity contribution in [2.75, 3.05) is 0 Å². The van der Waals surface area contributed by atoms with Crippen molar-refractivity contribution in [2.45, 2.75) is 0 Å². The number of hydrogen-bond acceptors (Lipinski definition) is 4. The summed E-state index contributed by atoms with van der Waals surface area (Å²) in [6, 6.07) is 3.90. The van der Waals surface area contributed by atoms with Gasteiger partial charge in [-0.25, -0.2) is 0 Å². The van der Waals surface area contributed by atoms with Crippen molar-refractivity contribution < 1.29 is 10.0 Å². The standard InChI is InChI=1S/C7H6N2O3/c8-4-5-6(9(11)12)2-1-3-7(5)10/h1-4,8,10H. The Morgan fingerprint density at radius 2 is 2.25 bits per heavy atom. The Bertz CT molecular complexity index is 335. The van der Waals surface area contributed by atoms with E-state index in [1.165, 1.54) is 18.2 Å². The third-order valence-corrected chi connectivity index (χ3v) is 1.40. The largest absolute Gasteiger partial charge is 0.507 e. The van der Waals surface area contributed by atoms with Crippen molar-refractivity contribution in [3.63, 3.8) is 0 Å². The number of phenolic OH excluding ortho intramolecular Hbond substituents is 1. The van der Waals surface area contributed by atoms with Gasteiger partial charge in [0.05, 0.1) is 4.92 Å². The van der Waals surface area contributed by atoms with Gasteiger partial charge in [-0.1, -0.05) is 6.07 Å². The van der Waals surface area contributed by atoms with E-state index in [0.29, 0.717) is 0 Å². The first-order valence-electron chi connectivity index (χ1n) is 3.13. The zero-order valence-electron chi connectivity index (χ0n) is 6.02. The van der Waals surface area contributed by atoms with Crippen LogP contribution in [0.25, 0.3) is 0 Å². The molecule has 0 fully saturated rings. The molecule has 0 aliphatic rings. The van der Waals surface area contributed by atoms with Crippen molar-refractivity contribution in [2.24, 2.45) is 0 Å². The summed E-state index contributed by atoms with van der Waals surface area (Å²) in [6.07, 6.45) is 0.757. The molecule has 0 aromatic heterocycles. The number of hydrogen-bond donors (Lipinski definition) is 2. The zero-order chi connectivity index (χ0) is 9.14. The van der Waals surface area contributed by atoms with Gasteiger partial charge in [0, 0.05) is 12.3 Å². The molecule has 0 radical (unpaired) electrons. The lowest BCUT2D eigenvalue weighted by molar-refractivity contribution is -0.385. The Kier molecular flexibility index (Phi) is 2.05. The number of nitrogens with one attached hydrogen (secondary N) is 1. The summed E-state index contributed by atoms with van der Waals surface area (Å²) >= 11 is 0. The van der Waals surface area contributed by atoms with Crippen LogP contribution in [0.2, 0.25) is 0 Å². The Labute approximate surface area is 67.9 Å². The molecular weight excluding hydrogens is 160 g/mol. The molecular formula is C7H6N2O3. The molecule has 0 unspecified atom stereocenters. The predicted molar refractivity (Wildman–Crippen MR) is 42.6 cm³/mol. The molecule has 12 heavy (non-hydrogen) atoms. The maximum atomic E-state index is 10.3. The van der Waals surface area contributed by atoms with Crippen molar-refractivity contribution >= 4 is 11.9 Å². The fourth-order valence-corrected chi connectivity index (χ4v) is 0.848. The molecule has 2 N–H and O–H groups in total. The normalized spacial score (nSPS) is 9.33. The fraction of sp³-hybridized carbons (Fsp3) is 0. The van der Waals surface area contributed by atoms with Gasteiger partial charge in [-0.05, 0) is 6.07 Å². The van der Waals surface area contributed by atoms with Crippen molar-refractivity contribution in [3.8, 4) is 5.75 Å². The first kappa shape index (κ1) is 8.19. The number of phenols is 1. The summed E-state index contributed by atoms with van der Waals surface area (Å²) in [4.78, 5) is 9.69. The van der Waals surface area contributed by atoms with Gasteiger partial charge >= 0.3 is 0 Å². The molecule has 0 atom stereocenters. The van der Waals surface area contributed by atoms with E-state index < -0.39 is 4.92 Å². The van der Waals surface area contributed by atoms with Gasteiger partial charge in [0.15, 0.2) is 0 Å². The highest BCUT2D eigenvalue weighted by Gasteiger charge is 2.14. The molecule has 0 saturated carbocycles. The van der Waals surface area contributed by atoms with Gasteiger partial charge in [-0.15, -0.1) is 0 Å². The van der Waals surface area contributed by atoms with Crippen LogP contribution in [0, 0.1) is 15.5 Å². The Morgan fingerprint density at radius 1 is 1.58 bits per heavy atom. The van der Waals surface area contributed by atoms with E-state index >= 15 is 0 Å². The molecule has 0 amide bonds. The molecule has 5 nitrogen and oxygen atoms in total. The summed E-state index contributed by atoms with van der Waals surface area (Å²) < 4.78 is 0. The van der Waals surface area contributed by atoms with Gasteiger partial charge in [0.25, 0.3) is 5.69 Å². The third-order valence-electron chi connectivity index (χ3n) is 1.40. The number of rotatable bonds is 2. The number of nitro groups is 1. The van der Waals surface area contributed by atoms with Crippen LogP contribution in [0.4, 0.5) is 5.69 Å². The Morgan fingerprint density at radius 3 is 2.67 bits per heavy atom. The molecule has 5 heteroatoms. The second kappa shape index (κ2) is 3.00. The number of nitro benzene ring substituents is 1. The van der Waals surface area contributed by atoms with Crippen molar-refractivity contribution in [3.05, 3.63) is 33.9 Å². The van der Waals surface area contributed by atoms with Gasteiger partial charge < -0.3 is 10.5 Å². The lowest BCUT2D eigenvalue weighted by Crippen LogP contribution is -1.93. The molecule has 0 aliphatic heterocycles. The third kappa shape index (κ3) is 1.24. The maximum absolute atomic E-state index is 10.3. The van der Waals surface area contributed by atoms with Crippen LogP contribution in [-0.4, -0.2) is 16.2 Å². The van der Waals surface area contributed by atoms with Crippen molar-refractivity contribution in [1.29, 1.82) is 5.41 Å². The van der Waals surface area contributed by atoms with E-state index in [9.17, 15) is 10.1 Å². The molecule has 0 aliphatic carbocycles. The maximum Gasteiger partial charge on any atom is 0.281 e. The number of benzene rings is 1. The van der Waals surface area contributed by atoms with Gasteiger partial charge in [0.1, 0.15) is 11.3 Å². The minimum atomic E-state index is -0.639. The van der Waals surface area contributed by atoms with E-state index in [2.05, 4.69) is 0 Å². The van der Waals surface area contributed by atoms with Gasteiger partial charge in [-0.3, -0.25) is 10.1 Å². The van der Waals surface area contributed by atoms with E-state index in [1.807, 2.05) is 0 Å². The van der Waals surface area contributed by atoms with Crippen LogP contribution in [0.1, 0.15) is 5.56 Å². The average molecular weight is 166 g/mol.